The monoisotopic (exact) mass is 360 g/mol. The number of hydrogen-bond acceptors (Lipinski definition) is 5. The number of aryl methyl sites for hydroxylation is 1. The van der Waals surface area contributed by atoms with Crippen molar-refractivity contribution in [2.75, 3.05) is 5.43 Å². The maximum Gasteiger partial charge on any atom is 0.224 e. The minimum Gasteiger partial charge on any atom is -0.438 e. The average Bonchev–Trinajstić information content (AvgIpc) is 2.44. The Bertz CT molecular complexity index is 619. The third-order valence-corrected chi connectivity index (χ3v) is 3.31. The number of hydrogen-bond donors (Lipinski definition) is 2. The number of benzene rings is 1. The number of aromatic nitrogens is 2. The lowest BCUT2D eigenvalue weighted by atomic mass is 10.3. The van der Waals surface area contributed by atoms with E-state index in [1.807, 2.05) is 6.92 Å². The summed E-state index contributed by atoms with van der Waals surface area (Å²) in [5.41, 5.74) is 2.42. The summed E-state index contributed by atoms with van der Waals surface area (Å²) >= 11 is 8.92. The third-order valence-electron chi connectivity index (χ3n) is 2.40. The van der Waals surface area contributed by atoms with Gasteiger partial charge in [0.25, 0.3) is 0 Å². The predicted molar refractivity (Wildman–Crippen MR) is 78.4 cm³/mol. The fourth-order valence-electron chi connectivity index (χ4n) is 1.45. The van der Waals surface area contributed by atoms with Crippen LogP contribution in [-0.2, 0) is 6.42 Å². The summed E-state index contributed by atoms with van der Waals surface area (Å²) in [6, 6.07) is 4.10. The highest BCUT2D eigenvalue weighted by molar-refractivity contribution is 9.10. The summed E-state index contributed by atoms with van der Waals surface area (Å²) in [6.45, 7) is 1.90. The molecule has 0 saturated carbocycles. The normalized spacial score (nSPS) is 10.4. The number of ether oxygens (including phenoxy) is 1. The van der Waals surface area contributed by atoms with Gasteiger partial charge in [-0.25, -0.2) is 15.2 Å². The molecule has 8 heteroatoms. The van der Waals surface area contributed by atoms with Crippen molar-refractivity contribution in [1.29, 1.82) is 0 Å². The first-order valence-corrected chi connectivity index (χ1v) is 6.87. The molecule has 3 N–H and O–H groups in total. The number of nitrogens with two attached hydrogens (primary N) is 1. The molecule has 0 bridgehead atoms. The summed E-state index contributed by atoms with van der Waals surface area (Å²) in [4.78, 5) is 8.32. The second-order valence-electron chi connectivity index (χ2n) is 3.80. The molecule has 1 heterocycles. The topological polar surface area (TPSA) is 73.1 Å². The minimum absolute atomic E-state index is 0.00507. The van der Waals surface area contributed by atoms with Gasteiger partial charge in [-0.1, -0.05) is 18.5 Å². The van der Waals surface area contributed by atoms with E-state index in [2.05, 4.69) is 31.3 Å². The fraction of sp³-hybridized carbons (Fsp3) is 0.167. The van der Waals surface area contributed by atoms with Crippen molar-refractivity contribution in [1.82, 2.24) is 9.97 Å². The lowest BCUT2D eigenvalue weighted by Crippen LogP contribution is -2.10. The van der Waals surface area contributed by atoms with Crippen molar-refractivity contribution in [3.63, 3.8) is 0 Å². The first-order chi connectivity index (χ1) is 9.53. The molecule has 0 saturated heterocycles. The Morgan fingerprint density at radius 2 is 2.15 bits per heavy atom. The van der Waals surface area contributed by atoms with E-state index in [9.17, 15) is 4.39 Å². The molecular weight excluding hydrogens is 351 g/mol. The van der Waals surface area contributed by atoms with Gasteiger partial charge in [0.1, 0.15) is 23.2 Å². The average molecular weight is 362 g/mol. The molecule has 0 spiro atoms. The number of hydrazine groups is 1. The van der Waals surface area contributed by atoms with Crippen LogP contribution in [0, 0.1) is 5.82 Å². The molecule has 0 aliphatic rings. The molecule has 2 aromatic rings. The second kappa shape index (κ2) is 6.34. The fourth-order valence-corrected chi connectivity index (χ4v) is 2.17. The van der Waals surface area contributed by atoms with E-state index in [0.717, 1.165) is 0 Å². The van der Waals surface area contributed by atoms with Gasteiger partial charge in [0.05, 0.1) is 9.50 Å². The molecule has 0 atom stereocenters. The number of halogens is 3. The molecule has 20 heavy (non-hydrogen) atoms. The van der Waals surface area contributed by atoms with Crippen molar-refractivity contribution >= 4 is 33.3 Å². The van der Waals surface area contributed by atoms with Gasteiger partial charge < -0.3 is 10.2 Å². The van der Waals surface area contributed by atoms with Crippen LogP contribution >= 0.6 is 27.5 Å². The molecule has 2 rings (SSSR count). The number of nitrogens with one attached hydrogen (secondary N) is 1. The van der Waals surface area contributed by atoms with Crippen molar-refractivity contribution < 1.29 is 9.13 Å². The van der Waals surface area contributed by atoms with Gasteiger partial charge in [0.2, 0.25) is 5.88 Å². The van der Waals surface area contributed by atoms with Crippen LogP contribution in [0.1, 0.15) is 12.7 Å². The van der Waals surface area contributed by atoms with Crippen molar-refractivity contribution in [3.8, 4) is 11.6 Å². The summed E-state index contributed by atoms with van der Waals surface area (Å²) in [7, 11) is 0. The molecule has 5 nitrogen and oxygen atoms in total. The maximum atomic E-state index is 13.5. The Morgan fingerprint density at radius 3 is 2.80 bits per heavy atom. The molecule has 0 unspecified atom stereocenters. The summed E-state index contributed by atoms with van der Waals surface area (Å²) in [5, 5.41) is 0.00507. The van der Waals surface area contributed by atoms with Gasteiger partial charge >= 0.3 is 0 Å². The van der Waals surface area contributed by atoms with Crippen LogP contribution in [0.25, 0.3) is 0 Å². The quantitative estimate of drug-likeness (QED) is 0.494. The van der Waals surface area contributed by atoms with E-state index in [-0.39, 0.29) is 16.7 Å². The van der Waals surface area contributed by atoms with Gasteiger partial charge in [-0.15, -0.1) is 0 Å². The highest BCUT2D eigenvalue weighted by Gasteiger charge is 2.11. The molecule has 1 aromatic heterocycles. The van der Waals surface area contributed by atoms with E-state index in [1.54, 1.807) is 0 Å². The Kier molecular flexibility index (Phi) is 4.74. The van der Waals surface area contributed by atoms with Gasteiger partial charge in [-0.05, 0) is 22.0 Å². The van der Waals surface area contributed by atoms with Crippen LogP contribution in [-0.4, -0.2) is 9.97 Å². The van der Waals surface area contributed by atoms with Crippen LogP contribution in [0.15, 0.2) is 22.7 Å². The standard InChI is InChI=1S/C12H11BrClFN4O/c1-2-10-17-11(19-16)5-12(18-10)20-9-4-8(15)7(14)3-6(9)13/h3-5H,2,16H2,1H3,(H,17,18,19). The predicted octanol–water partition coefficient (Wildman–Crippen LogP) is 3.67. The first kappa shape index (κ1) is 15.0. The Labute approximate surface area is 128 Å². The van der Waals surface area contributed by atoms with Crippen molar-refractivity contribution in [2.24, 2.45) is 5.84 Å². The zero-order chi connectivity index (χ0) is 14.7. The van der Waals surface area contributed by atoms with Gasteiger partial charge in [-0.2, -0.15) is 4.98 Å². The zero-order valence-corrected chi connectivity index (χ0v) is 12.8. The highest BCUT2D eigenvalue weighted by Crippen LogP contribution is 2.33. The summed E-state index contributed by atoms with van der Waals surface area (Å²) in [6.07, 6.45) is 0.613. The maximum absolute atomic E-state index is 13.5. The molecule has 0 aliphatic heterocycles. The van der Waals surface area contributed by atoms with Crippen LogP contribution in [0.2, 0.25) is 5.02 Å². The first-order valence-electron chi connectivity index (χ1n) is 5.70. The van der Waals surface area contributed by atoms with Crippen molar-refractivity contribution in [2.45, 2.75) is 13.3 Å². The Balaban J connectivity index is 2.36. The minimum atomic E-state index is -0.577. The molecule has 0 aliphatic carbocycles. The van der Waals surface area contributed by atoms with E-state index in [0.29, 0.717) is 22.5 Å². The van der Waals surface area contributed by atoms with E-state index in [4.69, 9.17) is 22.2 Å². The second-order valence-corrected chi connectivity index (χ2v) is 5.07. The Morgan fingerprint density at radius 1 is 1.40 bits per heavy atom. The van der Waals surface area contributed by atoms with Crippen LogP contribution in [0.3, 0.4) is 0 Å². The number of nitrogens with zero attached hydrogens (tertiary/aromatic N) is 2. The van der Waals surface area contributed by atoms with E-state index < -0.39 is 5.82 Å². The molecule has 0 amide bonds. The largest absolute Gasteiger partial charge is 0.438 e. The molecule has 0 fully saturated rings. The van der Waals surface area contributed by atoms with Gasteiger partial charge in [0.15, 0.2) is 0 Å². The zero-order valence-electron chi connectivity index (χ0n) is 10.5. The molecular formula is C12H11BrClFN4O. The van der Waals surface area contributed by atoms with Crippen LogP contribution in [0.4, 0.5) is 10.2 Å². The van der Waals surface area contributed by atoms with Crippen LogP contribution in [0.5, 0.6) is 11.6 Å². The molecule has 0 radical (unpaired) electrons. The number of nitrogen functional groups attached to an aromatic ring is 1. The highest BCUT2D eigenvalue weighted by atomic mass is 79.9. The molecule has 1 aromatic carbocycles. The smallest absolute Gasteiger partial charge is 0.224 e. The van der Waals surface area contributed by atoms with Gasteiger partial charge in [-0.3, -0.25) is 0 Å². The number of anilines is 1. The van der Waals surface area contributed by atoms with E-state index in [1.165, 1.54) is 18.2 Å². The number of rotatable bonds is 4. The lowest BCUT2D eigenvalue weighted by Gasteiger charge is -2.10. The summed E-state index contributed by atoms with van der Waals surface area (Å²) < 4.78 is 19.5. The summed E-state index contributed by atoms with van der Waals surface area (Å²) in [5.74, 6) is 6.24. The molecule has 106 valence electrons. The van der Waals surface area contributed by atoms with Gasteiger partial charge in [0, 0.05) is 18.6 Å². The third kappa shape index (κ3) is 3.36. The lowest BCUT2D eigenvalue weighted by molar-refractivity contribution is 0.452. The van der Waals surface area contributed by atoms with E-state index >= 15 is 0 Å². The SMILES string of the molecule is CCc1nc(NN)cc(Oc2cc(F)c(Cl)cc2Br)n1. The van der Waals surface area contributed by atoms with Crippen LogP contribution < -0.4 is 16.0 Å². The van der Waals surface area contributed by atoms with Crippen molar-refractivity contribution in [3.05, 3.63) is 39.3 Å². The Hall–Kier alpha value is -1.44.